The maximum atomic E-state index is 5.46. The van der Waals surface area contributed by atoms with E-state index in [0.29, 0.717) is 5.92 Å². The molecule has 0 aromatic carbocycles. The third kappa shape index (κ3) is 3.18. The molecule has 2 heteroatoms. The Hall–Kier alpha value is -0.0800. The molecule has 10 heavy (non-hydrogen) atoms. The molecule has 0 bridgehead atoms. The molecule has 2 nitrogen and oxygen atoms in total. The summed E-state index contributed by atoms with van der Waals surface area (Å²) in [5.74, 6) is 1.63. The smallest absolute Gasteiger partial charge is 0.00110 e. The van der Waals surface area contributed by atoms with Crippen molar-refractivity contribution in [1.82, 2.24) is 5.32 Å². The zero-order valence-electron chi connectivity index (χ0n) is 6.77. The first-order valence-corrected chi connectivity index (χ1v) is 4.23. The number of nitrogens with one attached hydrogen (secondary N) is 1. The van der Waals surface area contributed by atoms with Crippen LogP contribution in [0, 0.1) is 11.8 Å². The van der Waals surface area contributed by atoms with Crippen LogP contribution in [0.3, 0.4) is 0 Å². The Labute approximate surface area is 63.2 Å². The van der Waals surface area contributed by atoms with Crippen LogP contribution in [0.2, 0.25) is 0 Å². The molecule has 1 aliphatic rings. The molecule has 60 valence electrons. The maximum Gasteiger partial charge on any atom is -0.00110 e. The highest BCUT2D eigenvalue weighted by Gasteiger charge is 2.20. The number of rotatable bonds is 5. The molecule has 1 rings (SSSR count). The molecule has 0 aromatic heterocycles. The summed E-state index contributed by atoms with van der Waals surface area (Å²) in [7, 11) is 0. The van der Waals surface area contributed by atoms with Gasteiger partial charge in [0.15, 0.2) is 0 Å². The Morgan fingerprint density at radius 2 is 2.30 bits per heavy atom. The lowest BCUT2D eigenvalue weighted by Crippen LogP contribution is -2.27. The van der Waals surface area contributed by atoms with Crippen molar-refractivity contribution in [2.75, 3.05) is 19.6 Å². The van der Waals surface area contributed by atoms with Crippen molar-refractivity contribution in [1.29, 1.82) is 0 Å². The van der Waals surface area contributed by atoms with E-state index in [1.807, 2.05) is 0 Å². The van der Waals surface area contributed by atoms with E-state index in [1.54, 1.807) is 0 Å². The molecule has 0 radical (unpaired) electrons. The van der Waals surface area contributed by atoms with Crippen LogP contribution in [0.1, 0.15) is 19.8 Å². The fraction of sp³-hybridized carbons (Fsp3) is 1.00. The summed E-state index contributed by atoms with van der Waals surface area (Å²) in [5.41, 5.74) is 5.46. The van der Waals surface area contributed by atoms with Gasteiger partial charge in [0.2, 0.25) is 0 Å². The van der Waals surface area contributed by atoms with Crippen molar-refractivity contribution in [2.45, 2.75) is 19.8 Å². The summed E-state index contributed by atoms with van der Waals surface area (Å²) >= 11 is 0. The molecule has 0 saturated heterocycles. The molecule has 1 aliphatic carbocycles. The number of hydrogen-bond acceptors (Lipinski definition) is 2. The average Bonchev–Trinajstić information content (AvgIpc) is 2.71. The monoisotopic (exact) mass is 142 g/mol. The summed E-state index contributed by atoms with van der Waals surface area (Å²) in [6.07, 6.45) is 2.87. The minimum absolute atomic E-state index is 0.638. The molecule has 0 spiro atoms. The Kier molecular flexibility index (Phi) is 3.16. The summed E-state index contributed by atoms with van der Waals surface area (Å²) in [4.78, 5) is 0. The van der Waals surface area contributed by atoms with Crippen LogP contribution >= 0.6 is 0 Å². The minimum atomic E-state index is 0.638. The first kappa shape index (κ1) is 8.02. The van der Waals surface area contributed by atoms with Gasteiger partial charge in [0.1, 0.15) is 0 Å². The van der Waals surface area contributed by atoms with Gasteiger partial charge in [-0.1, -0.05) is 6.92 Å². The lowest BCUT2D eigenvalue weighted by molar-refractivity contribution is 0.511. The van der Waals surface area contributed by atoms with E-state index in [2.05, 4.69) is 12.2 Å². The molecule has 0 amide bonds. The largest absolute Gasteiger partial charge is 0.330 e. The second kappa shape index (κ2) is 3.94. The summed E-state index contributed by atoms with van der Waals surface area (Å²) < 4.78 is 0. The van der Waals surface area contributed by atoms with Gasteiger partial charge >= 0.3 is 0 Å². The standard InChI is InChI=1S/C8H18N2/c1-7(4-9)5-10-6-8-2-3-8/h7-8,10H,2-6,9H2,1H3. The normalized spacial score (nSPS) is 21.0. The first-order chi connectivity index (χ1) is 4.83. The van der Waals surface area contributed by atoms with Gasteiger partial charge in [0.25, 0.3) is 0 Å². The molecular weight excluding hydrogens is 124 g/mol. The van der Waals surface area contributed by atoms with Crippen LogP contribution < -0.4 is 11.1 Å². The van der Waals surface area contributed by atoms with Gasteiger partial charge in [-0.3, -0.25) is 0 Å². The average molecular weight is 142 g/mol. The second-order valence-electron chi connectivity index (χ2n) is 3.44. The maximum absolute atomic E-state index is 5.46. The van der Waals surface area contributed by atoms with Crippen molar-refractivity contribution < 1.29 is 0 Å². The van der Waals surface area contributed by atoms with E-state index in [4.69, 9.17) is 5.73 Å². The molecule has 3 N–H and O–H groups in total. The predicted octanol–water partition coefficient (Wildman–Crippen LogP) is 0.581. The molecule has 0 aromatic rings. The Morgan fingerprint density at radius 1 is 1.60 bits per heavy atom. The topological polar surface area (TPSA) is 38.0 Å². The summed E-state index contributed by atoms with van der Waals surface area (Å²) in [6.45, 7) is 5.29. The van der Waals surface area contributed by atoms with Crippen molar-refractivity contribution >= 4 is 0 Å². The zero-order valence-corrected chi connectivity index (χ0v) is 6.77. The predicted molar refractivity (Wildman–Crippen MR) is 43.8 cm³/mol. The van der Waals surface area contributed by atoms with Gasteiger partial charge in [-0.2, -0.15) is 0 Å². The molecule has 1 saturated carbocycles. The third-order valence-corrected chi connectivity index (χ3v) is 2.03. The van der Waals surface area contributed by atoms with Gasteiger partial charge in [0.05, 0.1) is 0 Å². The van der Waals surface area contributed by atoms with E-state index in [-0.39, 0.29) is 0 Å². The van der Waals surface area contributed by atoms with E-state index >= 15 is 0 Å². The highest BCUT2D eigenvalue weighted by molar-refractivity contribution is 4.75. The first-order valence-electron chi connectivity index (χ1n) is 4.23. The van der Waals surface area contributed by atoms with Crippen molar-refractivity contribution in [2.24, 2.45) is 17.6 Å². The Balaban J connectivity index is 1.83. The molecule has 0 heterocycles. The van der Waals surface area contributed by atoms with Crippen LogP contribution in [0.5, 0.6) is 0 Å². The Bertz CT molecular complexity index is 89.3. The summed E-state index contributed by atoms with van der Waals surface area (Å²) in [5, 5.41) is 3.42. The number of nitrogens with two attached hydrogens (primary N) is 1. The van der Waals surface area contributed by atoms with E-state index in [9.17, 15) is 0 Å². The zero-order chi connectivity index (χ0) is 7.40. The van der Waals surface area contributed by atoms with Crippen LogP contribution in [0.4, 0.5) is 0 Å². The van der Waals surface area contributed by atoms with Gasteiger partial charge in [0, 0.05) is 0 Å². The Morgan fingerprint density at radius 3 is 2.80 bits per heavy atom. The highest BCUT2D eigenvalue weighted by atomic mass is 14.9. The quantitative estimate of drug-likeness (QED) is 0.589. The SMILES string of the molecule is CC(CN)CNCC1CC1. The lowest BCUT2D eigenvalue weighted by atomic mass is 10.2. The van der Waals surface area contributed by atoms with Crippen LogP contribution in [-0.2, 0) is 0 Å². The lowest BCUT2D eigenvalue weighted by Gasteiger charge is -2.08. The second-order valence-corrected chi connectivity index (χ2v) is 3.44. The van der Waals surface area contributed by atoms with Crippen LogP contribution in [0.15, 0.2) is 0 Å². The molecular formula is C8H18N2. The van der Waals surface area contributed by atoms with Gasteiger partial charge < -0.3 is 11.1 Å². The summed E-state index contributed by atoms with van der Waals surface area (Å²) in [6, 6.07) is 0. The van der Waals surface area contributed by atoms with Gasteiger partial charge in [-0.25, -0.2) is 0 Å². The molecule has 1 unspecified atom stereocenters. The van der Waals surface area contributed by atoms with Gasteiger partial charge in [-0.15, -0.1) is 0 Å². The fourth-order valence-corrected chi connectivity index (χ4v) is 0.939. The third-order valence-electron chi connectivity index (χ3n) is 2.03. The fourth-order valence-electron chi connectivity index (χ4n) is 0.939. The van der Waals surface area contributed by atoms with E-state index in [1.165, 1.54) is 19.4 Å². The minimum Gasteiger partial charge on any atom is -0.330 e. The van der Waals surface area contributed by atoms with Crippen molar-refractivity contribution in [3.05, 3.63) is 0 Å². The molecule has 1 fully saturated rings. The number of hydrogen-bond donors (Lipinski definition) is 2. The van der Waals surface area contributed by atoms with Crippen LogP contribution in [0.25, 0.3) is 0 Å². The van der Waals surface area contributed by atoms with E-state index < -0.39 is 0 Å². The molecule has 1 atom stereocenters. The molecule has 0 aliphatic heterocycles. The van der Waals surface area contributed by atoms with Gasteiger partial charge in [-0.05, 0) is 44.3 Å². The van der Waals surface area contributed by atoms with Crippen molar-refractivity contribution in [3.8, 4) is 0 Å². The van der Waals surface area contributed by atoms with Crippen LogP contribution in [-0.4, -0.2) is 19.6 Å². The highest BCUT2D eigenvalue weighted by Crippen LogP contribution is 2.27. The van der Waals surface area contributed by atoms with E-state index in [0.717, 1.165) is 19.0 Å². The van der Waals surface area contributed by atoms with Crippen molar-refractivity contribution in [3.63, 3.8) is 0 Å².